The number of nitrogens with one attached hydrogen (secondary N) is 2. The first-order chi connectivity index (χ1) is 19.8. The second kappa shape index (κ2) is 17.6. The standard InChI is InChI=1S/C33H52N2O6S/c1-6-13-28(33(39)35-29(20-26-16-11-8-12-17-26)31(37)30(36)18-23(2)3)34-32(38)27(19-25-14-9-7-10-15-25)22-42(40,41)21-24(4)5/h1,7,9-10,14-15,23-24,26-31,36-37H,8,11-13,16-22H2,2-5H3,(H,34,38)(H,35,39)/t27-,28+,29+,30+,31-/m1/s1. The number of hydrogen-bond acceptors (Lipinski definition) is 6. The minimum Gasteiger partial charge on any atom is -0.390 e. The van der Waals surface area contributed by atoms with Crippen molar-refractivity contribution in [2.24, 2.45) is 23.7 Å². The first-order valence-electron chi connectivity index (χ1n) is 15.5. The van der Waals surface area contributed by atoms with Crippen LogP contribution in [0, 0.1) is 36.0 Å². The molecule has 0 aromatic heterocycles. The third-order valence-electron chi connectivity index (χ3n) is 7.85. The summed E-state index contributed by atoms with van der Waals surface area (Å²) in [6.45, 7) is 7.54. The smallest absolute Gasteiger partial charge is 0.243 e. The normalized spacial score (nSPS) is 18.1. The number of rotatable bonds is 17. The number of carbonyl (C=O) groups excluding carboxylic acids is 2. The van der Waals surface area contributed by atoms with Gasteiger partial charge >= 0.3 is 0 Å². The van der Waals surface area contributed by atoms with Crippen LogP contribution in [0.25, 0.3) is 0 Å². The maximum atomic E-state index is 13.6. The first kappa shape index (κ1) is 35.8. The van der Waals surface area contributed by atoms with E-state index in [0.29, 0.717) is 18.8 Å². The summed E-state index contributed by atoms with van der Waals surface area (Å²) in [5, 5.41) is 27.4. The van der Waals surface area contributed by atoms with Crippen molar-refractivity contribution in [1.82, 2.24) is 10.6 Å². The Morgan fingerprint density at radius 2 is 1.60 bits per heavy atom. The van der Waals surface area contributed by atoms with Gasteiger partial charge in [-0.2, -0.15) is 0 Å². The van der Waals surface area contributed by atoms with Gasteiger partial charge in [0.15, 0.2) is 9.84 Å². The van der Waals surface area contributed by atoms with E-state index in [1.54, 1.807) is 0 Å². The molecule has 1 aromatic rings. The van der Waals surface area contributed by atoms with Gasteiger partial charge in [0.2, 0.25) is 11.8 Å². The molecule has 0 unspecified atom stereocenters. The van der Waals surface area contributed by atoms with Crippen LogP contribution in [0.15, 0.2) is 30.3 Å². The van der Waals surface area contributed by atoms with E-state index in [0.717, 1.165) is 31.2 Å². The Labute approximate surface area is 253 Å². The minimum absolute atomic E-state index is 0.0424. The SMILES string of the molecule is C#CC[C@H](NC(=O)[C@H](Cc1ccccc1)CS(=O)(=O)CC(C)C)C(=O)N[C@@H](CC1CCCCC1)[C@@H](O)[C@@H](O)CC(C)C. The largest absolute Gasteiger partial charge is 0.390 e. The van der Waals surface area contributed by atoms with Crippen LogP contribution in [0.3, 0.4) is 0 Å². The molecule has 4 N–H and O–H groups in total. The molecule has 0 aliphatic heterocycles. The summed E-state index contributed by atoms with van der Waals surface area (Å²) >= 11 is 0. The molecule has 8 nitrogen and oxygen atoms in total. The molecule has 2 rings (SSSR count). The van der Waals surface area contributed by atoms with Crippen molar-refractivity contribution < 1.29 is 28.2 Å². The van der Waals surface area contributed by atoms with E-state index in [1.165, 1.54) is 6.42 Å². The second-order valence-electron chi connectivity index (χ2n) is 12.9. The lowest BCUT2D eigenvalue weighted by atomic mass is 9.82. The maximum absolute atomic E-state index is 13.6. The Bertz CT molecular complexity index is 1110. The average Bonchev–Trinajstić information content (AvgIpc) is 2.91. The summed E-state index contributed by atoms with van der Waals surface area (Å²) in [6, 6.07) is 7.34. The van der Waals surface area contributed by atoms with Gasteiger partial charge < -0.3 is 20.8 Å². The van der Waals surface area contributed by atoms with Gasteiger partial charge in [0.25, 0.3) is 0 Å². The number of hydrogen-bond donors (Lipinski definition) is 4. The summed E-state index contributed by atoms with van der Waals surface area (Å²) in [7, 11) is -3.54. The van der Waals surface area contributed by atoms with Gasteiger partial charge in [-0.25, -0.2) is 8.42 Å². The summed E-state index contributed by atoms with van der Waals surface area (Å²) in [5.74, 6) is 0.399. The number of benzene rings is 1. The zero-order valence-corrected chi connectivity index (χ0v) is 26.6. The predicted molar refractivity (Wildman–Crippen MR) is 167 cm³/mol. The van der Waals surface area contributed by atoms with E-state index < -0.39 is 51.9 Å². The van der Waals surface area contributed by atoms with E-state index >= 15 is 0 Å². The molecule has 0 bridgehead atoms. The Hall–Kier alpha value is -2.41. The number of sulfone groups is 1. The van der Waals surface area contributed by atoms with Crippen molar-refractivity contribution in [3.8, 4) is 12.3 Å². The van der Waals surface area contributed by atoms with E-state index in [1.807, 2.05) is 58.0 Å². The first-order valence-corrected chi connectivity index (χ1v) is 17.3. The molecule has 236 valence electrons. The Morgan fingerprint density at radius 1 is 0.952 bits per heavy atom. The quantitative estimate of drug-likeness (QED) is 0.201. The van der Waals surface area contributed by atoms with Crippen molar-refractivity contribution in [2.75, 3.05) is 11.5 Å². The molecule has 42 heavy (non-hydrogen) atoms. The van der Waals surface area contributed by atoms with Crippen LogP contribution in [-0.2, 0) is 25.8 Å². The summed E-state index contributed by atoms with van der Waals surface area (Å²) in [6.07, 6.45) is 9.72. The summed E-state index contributed by atoms with van der Waals surface area (Å²) < 4.78 is 25.8. The molecule has 9 heteroatoms. The van der Waals surface area contributed by atoms with Gasteiger partial charge in [-0.1, -0.05) is 90.1 Å². The topological polar surface area (TPSA) is 133 Å². The molecule has 1 aliphatic carbocycles. The van der Waals surface area contributed by atoms with Crippen LogP contribution < -0.4 is 10.6 Å². The Morgan fingerprint density at radius 3 is 2.17 bits per heavy atom. The number of aliphatic hydroxyl groups excluding tert-OH is 2. The van der Waals surface area contributed by atoms with E-state index in [2.05, 4.69) is 16.6 Å². The van der Waals surface area contributed by atoms with Gasteiger partial charge in [0, 0.05) is 6.42 Å². The minimum atomic E-state index is -3.54. The van der Waals surface area contributed by atoms with Crippen molar-refractivity contribution in [2.45, 2.75) is 110 Å². The number of amides is 2. The summed E-state index contributed by atoms with van der Waals surface area (Å²) in [5.41, 5.74) is 0.810. The molecule has 2 amide bonds. The van der Waals surface area contributed by atoms with Crippen molar-refractivity contribution >= 4 is 21.7 Å². The van der Waals surface area contributed by atoms with Crippen LogP contribution in [0.1, 0.15) is 84.6 Å². The lowest BCUT2D eigenvalue weighted by Gasteiger charge is -2.33. The van der Waals surface area contributed by atoms with Crippen molar-refractivity contribution in [1.29, 1.82) is 0 Å². The molecule has 0 saturated heterocycles. The molecule has 1 aromatic carbocycles. The van der Waals surface area contributed by atoms with E-state index in [4.69, 9.17) is 6.42 Å². The van der Waals surface area contributed by atoms with Crippen LogP contribution in [0.4, 0.5) is 0 Å². The zero-order chi connectivity index (χ0) is 31.3. The van der Waals surface area contributed by atoms with Crippen LogP contribution in [0.5, 0.6) is 0 Å². The number of aliphatic hydroxyl groups is 2. The highest BCUT2D eigenvalue weighted by molar-refractivity contribution is 7.91. The van der Waals surface area contributed by atoms with Gasteiger partial charge in [-0.15, -0.1) is 12.3 Å². The molecule has 5 atom stereocenters. The number of carbonyl (C=O) groups is 2. The monoisotopic (exact) mass is 604 g/mol. The fourth-order valence-corrected chi connectivity index (χ4v) is 7.90. The van der Waals surface area contributed by atoms with Gasteiger partial charge in [-0.3, -0.25) is 9.59 Å². The van der Waals surface area contributed by atoms with E-state index in [9.17, 15) is 28.2 Å². The zero-order valence-electron chi connectivity index (χ0n) is 25.8. The molecule has 0 radical (unpaired) electrons. The van der Waals surface area contributed by atoms with Gasteiger partial charge in [0.1, 0.15) is 12.1 Å². The van der Waals surface area contributed by atoms with Crippen molar-refractivity contribution in [3.63, 3.8) is 0 Å². The van der Waals surface area contributed by atoms with Crippen molar-refractivity contribution in [3.05, 3.63) is 35.9 Å². The third-order valence-corrected chi connectivity index (χ3v) is 9.94. The predicted octanol–water partition coefficient (Wildman–Crippen LogP) is 3.65. The number of terminal acetylenes is 1. The highest BCUT2D eigenvalue weighted by atomic mass is 32.2. The van der Waals surface area contributed by atoms with Gasteiger partial charge in [0.05, 0.1) is 29.6 Å². The molecule has 1 aliphatic rings. The van der Waals surface area contributed by atoms with Crippen LogP contribution in [-0.4, -0.2) is 66.2 Å². The highest BCUT2D eigenvalue weighted by Gasteiger charge is 2.34. The Balaban J connectivity index is 2.24. The van der Waals surface area contributed by atoms with Crippen LogP contribution >= 0.6 is 0 Å². The highest BCUT2D eigenvalue weighted by Crippen LogP contribution is 2.29. The Kier molecular flexibility index (Phi) is 15.0. The lowest BCUT2D eigenvalue weighted by Crippen LogP contribution is -2.56. The fourth-order valence-electron chi connectivity index (χ4n) is 5.86. The molecular weight excluding hydrogens is 552 g/mol. The van der Waals surface area contributed by atoms with E-state index in [-0.39, 0.29) is 36.2 Å². The maximum Gasteiger partial charge on any atom is 0.243 e. The molecule has 0 heterocycles. The third kappa shape index (κ3) is 12.8. The average molecular weight is 605 g/mol. The second-order valence-corrected chi connectivity index (χ2v) is 15.0. The summed E-state index contributed by atoms with van der Waals surface area (Å²) in [4.78, 5) is 27.1. The lowest BCUT2D eigenvalue weighted by molar-refractivity contribution is -0.132. The fraction of sp³-hybridized carbons (Fsp3) is 0.697. The molecular formula is C33H52N2O6S. The molecule has 0 spiro atoms. The molecule has 1 fully saturated rings. The molecule has 1 saturated carbocycles. The van der Waals surface area contributed by atoms with Gasteiger partial charge in [-0.05, 0) is 42.6 Å². The van der Waals surface area contributed by atoms with Crippen LogP contribution in [0.2, 0.25) is 0 Å².